The Morgan fingerprint density at radius 3 is 2.36 bits per heavy atom. The molecular weight excluding hydrogens is 294 g/mol. The smallest absolute Gasteiger partial charge is 0.212 e. The summed E-state index contributed by atoms with van der Waals surface area (Å²) in [5, 5.41) is 0. The summed E-state index contributed by atoms with van der Waals surface area (Å²) in [5.41, 5.74) is 4.36. The first kappa shape index (κ1) is 15.3. The molecule has 3 nitrogen and oxygen atoms in total. The van der Waals surface area contributed by atoms with Crippen LogP contribution in [0, 0.1) is 6.92 Å². The highest BCUT2D eigenvalue weighted by Crippen LogP contribution is 2.27. The Morgan fingerprint density at radius 2 is 1.68 bits per heavy atom. The molecule has 22 heavy (non-hydrogen) atoms. The van der Waals surface area contributed by atoms with Gasteiger partial charge in [0.25, 0.3) is 0 Å². The van der Waals surface area contributed by atoms with E-state index in [1.165, 1.54) is 5.56 Å². The normalized spacial score (nSPS) is 18.9. The number of rotatable bonds is 3. The standard InChI is InChI=1S/C18H21NO2S/c1-14-7-9-16(10-8-14)13-22(20,21)19-12-18-6-4-3-5-17(18)11-15(19)2/h3-10,15H,11-13H2,1-2H3. The molecule has 3 rings (SSSR count). The second kappa shape index (κ2) is 5.86. The predicted molar refractivity (Wildman–Crippen MR) is 89.0 cm³/mol. The maximum absolute atomic E-state index is 12.8. The van der Waals surface area contributed by atoms with Gasteiger partial charge in [-0.15, -0.1) is 0 Å². The van der Waals surface area contributed by atoms with Gasteiger partial charge in [0.2, 0.25) is 10.0 Å². The van der Waals surface area contributed by atoms with E-state index >= 15 is 0 Å². The molecule has 1 aliphatic heterocycles. The molecule has 1 heterocycles. The number of benzene rings is 2. The molecule has 0 radical (unpaired) electrons. The van der Waals surface area contributed by atoms with Gasteiger partial charge >= 0.3 is 0 Å². The zero-order chi connectivity index (χ0) is 15.7. The molecule has 0 saturated heterocycles. The number of aryl methyl sites for hydroxylation is 1. The Morgan fingerprint density at radius 1 is 1.05 bits per heavy atom. The lowest BCUT2D eigenvalue weighted by Gasteiger charge is -2.34. The molecule has 0 fully saturated rings. The van der Waals surface area contributed by atoms with Crippen LogP contribution in [0.15, 0.2) is 48.5 Å². The average Bonchev–Trinajstić information content (AvgIpc) is 2.48. The van der Waals surface area contributed by atoms with Gasteiger partial charge in [0.05, 0.1) is 5.75 Å². The third kappa shape index (κ3) is 3.08. The summed E-state index contributed by atoms with van der Waals surface area (Å²) in [5.74, 6) is 0.0692. The van der Waals surface area contributed by atoms with Crippen molar-refractivity contribution in [3.05, 3.63) is 70.8 Å². The monoisotopic (exact) mass is 315 g/mol. The zero-order valence-corrected chi connectivity index (χ0v) is 13.8. The molecule has 2 aromatic rings. The Kier molecular flexibility index (Phi) is 4.06. The third-order valence-electron chi connectivity index (χ3n) is 4.28. The van der Waals surface area contributed by atoms with E-state index in [0.29, 0.717) is 6.54 Å². The van der Waals surface area contributed by atoms with Gasteiger partial charge in [0, 0.05) is 12.6 Å². The molecule has 0 aromatic heterocycles. The van der Waals surface area contributed by atoms with Gasteiger partial charge in [-0.1, -0.05) is 54.1 Å². The molecule has 4 heteroatoms. The molecule has 0 spiro atoms. The summed E-state index contributed by atoms with van der Waals surface area (Å²) in [6.45, 7) is 4.47. The SMILES string of the molecule is Cc1ccc(CS(=O)(=O)N2Cc3ccccc3CC2C)cc1. The molecule has 1 unspecified atom stereocenters. The summed E-state index contributed by atoms with van der Waals surface area (Å²) in [6, 6.07) is 15.8. The van der Waals surface area contributed by atoms with Gasteiger partial charge in [-0.25, -0.2) is 8.42 Å². The maximum atomic E-state index is 12.8. The van der Waals surface area contributed by atoms with Gasteiger partial charge in [-0.3, -0.25) is 0 Å². The van der Waals surface area contributed by atoms with Crippen LogP contribution in [-0.2, 0) is 28.7 Å². The molecule has 0 aliphatic carbocycles. The van der Waals surface area contributed by atoms with Crippen molar-refractivity contribution in [1.82, 2.24) is 4.31 Å². The molecule has 0 N–H and O–H groups in total. The zero-order valence-electron chi connectivity index (χ0n) is 13.0. The van der Waals surface area contributed by atoms with Crippen molar-refractivity contribution >= 4 is 10.0 Å². The first-order valence-electron chi connectivity index (χ1n) is 7.57. The first-order valence-corrected chi connectivity index (χ1v) is 9.18. The van der Waals surface area contributed by atoms with Gasteiger partial charge in [0.15, 0.2) is 0 Å². The van der Waals surface area contributed by atoms with Gasteiger partial charge in [-0.2, -0.15) is 4.31 Å². The van der Waals surface area contributed by atoms with Gasteiger partial charge < -0.3 is 0 Å². The highest BCUT2D eigenvalue weighted by Gasteiger charge is 2.31. The highest BCUT2D eigenvalue weighted by atomic mass is 32.2. The third-order valence-corrected chi connectivity index (χ3v) is 6.18. The van der Waals surface area contributed by atoms with E-state index in [9.17, 15) is 8.42 Å². The number of fused-ring (bicyclic) bond motifs is 1. The average molecular weight is 315 g/mol. The van der Waals surface area contributed by atoms with Crippen LogP contribution in [0.5, 0.6) is 0 Å². The van der Waals surface area contributed by atoms with Crippen molar-refractivity contribution in [2.75, 3.05) is 0 Å². The highest BCUT2D eigenvalue weighted by molar-refractivity contribution is 7.88. The molecular formula is C18H21NO2S. The number of sulfonamides is 1. The fourth-order valence-corrected chi connectivity index (χ4v) is 4.74. The Bertz CT molecular complexity index is 766. The maximum Gasteiger partial charge on any atom is 0.218 e. The van der Waals surface area contributed by atoms with Crippen LogP contribution in [0.25, 0.3) is 0 Å². The summed E-state index contributed by atoms with van der Waals surface area (Å²) in [4.78, 5) is 0. The molecule has 1 aliphatic rings. The van der Waals surface area contributed by atoms with E-state index in [4.69, 9.17) is 0 Å². The molecule has 1 atom stereocenters. The minimum atomic E-state index is -3.31. The van der Waals surface area contributed by atoms with Crippen molar-refractivity contribution in [2.45, 2.75) is 38.6 Å². The summed E-state index contributed by atoms with van der Waals surface area (Å²) < 4.78 is 27.2. The molecule has 0 bridgehead atoms. The van der Waals surface area contributed by atoms with E-state index in [0.717, 1.165) is 23.1 Å². The van der Waals surface area contributed by atoms with E-state index in [1.807, 2.05) is 56.3 Å². The summed E-state index contributed by atoms with van der Waals surface area (Å²) >= 11 is 0. The largest absolute Gasteiger partial charge is 0.218 e. The Labute approximate surface area is 132 Å². The van der Waals surface area contributed by atoms with Crippen LogP contribution < -0.4 is 0 Å². The second-order valence-electron chi connectivity index (χ2n) is 6.11. The quantitative estimate of drug-likeness (QED) is 0.872. The lowest BCUT2D eigenvalue weighted by molar-refractivity contribution is 0.309. The van der Waals surface area contributed by atoms with E-state index in [2.05, 4.69) is 6.07 Å². The van der Waals surface area contributed by atoms with Crippen LogP contribution in [0.4, 0.5) is 0 Å². The van der Waals surface area contributed by atoms with Crippen molar-refractivity contribution in [1.29, 1.82) is 0 Å². The van der Waals surface area contributed by atoms with Crippen molar-refractivity contribution in [2.24, 2.45) is 0 Å². The lowest BCUT2D eigenvalue weighted by Crippen LogP contribution is -2.43. The molecule has 2 aromatic carbocycles. The number of hydrogen-bond donors (Lipinski definition) is 0. The van der Waals surface area contributed by atoms with Crippen molar-refractivity contribution < 1.29 is 8.42 Å². The Hall–Kier alpha value is -1.65. The number of hydrogen-bond acceptors (Lipinski definition) is 2. The van der Waals surface area contributed by atoms with Crippen LogP contribution in [0.3, 0.4) is 0 Å². The van der Waals surface area contributed by atoms with Crippen LogP contribution in [0.2, 0.25) is 0 Å². The van der Waals surface area contributed by atoms with E-state index < -0.39 is 10.0 Å². The first-order chi connectivity index (χ1) is 10.5. The molecule has 0 saturated carbocycles. The van der Waals surface area contributed by atoms with Crippen molar-refractivity contribution in [3.8, 4) is 0 Å². The minimum absolute atomic E-state index is 0.00495. The topological polar surface area (TPSA) is 37.4 Å². The molecule has 0 amide bonds. The second-order valence-corrected chi connectivity index (χ2v) is 8.03. The fourth-order valence-electron chi connectivity index (χ4n) is 3.01. The van der Waals surface area contributed by atoms with Crippen LogP contribution in [-0.4, -0.2) is 18.8 Å². The number of nitrogens with zero attached hydrogens (tertiary/aromatic N) is 1. The van der Waals surface area contributed by atoms with E-state index in [1.54, 1.807) is 4.31 Å². The Balaban J connectivity index is 1.84. The van der Waals surface area contributed by atoms with Gasteiger partial charge in [0.1, 0.15) is 0 Å². The van der Waals surface area contributed by atoms with Crippen LogP contribution in [0.1, 0.15) is 29.2 Å². The summed E-state index contributed by atoms with van der Waals surface area (Å²) in [7, 11) is -3.31. The van der Waals surface area contributed by atoms with Crippen molar-refractivity contribution in [3.63, 3.8) is 0 Å². The predicted octanol–water partition coefficient (Wildman–Crippen LogP) is 3.27. The lowest BCUT2D eigenvalue weighted by atomic mass is 9.97. The van der Waals surface area contributed by atoms with Gasteiger partial charge in [-0.05, 0) is 37.0 Å². The summed E-state index contributed by atoms with van der Waals surface area (Å²) in [6.07, 6.45) is 0.781. The minimum Gasteiger partial charge on any atom is -0.212 e. The van der Waals surface area contributed by atoms with E-state index in [-0.39, 0.29) is 11.8 Å². The van der Waals surface area contributed by atoms with Crippen LogP contribution >= 0.6 is 0 Å². The fraction of sp³-hybridized carbons (Fsp3) is 0.333. The molecule has 116 valence electrons.